The highest BCUT2D eigenvalue weighted by molar-refractivity contribution is 7.98. The van der Waals surface area contributed by atoms with Gasteiger partial charge in [-0.15, -0.1) is 0 Å². The highest BCUT2D eigenvalue weighted by Gasteiger charge is 2.17. The molecule has 1 atom stereocenters. The van der Waals surface area contributed by atoms with Crippen LogP contribution in [0.2, 0.25) is 5.02 Å². The summed E-state index contributed by atoms with van der Waals surface area (Å²) < 4.78 is 28.1. The zero-order valence-corrected chi connectivity index (χ0v) is 19.1. The summed E-state index contributed by atoms with van der Waals surface area (Å²) >= 11 is 7.31. The lowest BCUT2D eigenvalue weighted by atomic mass is 10.2. The monoisotopic (exact) mass is 462 g/mol. The standard InChI is InChI=1S/C21H23ClN4O2S2/c1-3-15(2)23-19-13-20(26-30(27,28)18-11-9-17(22)10-12-18)25-21(24-19)29-14-16-7-5-4-6-8-16/h4-13,15H,3,14H2,1-2H3,(H2,23,24,25,26)/t15-/m1/s1. The summed E-state index contributed by atoms with van der Waals surface area (Å²) in [5.74, 6) is 1.46. The second kappa shape index (κ2) is 10.1. The van der Waals surface area contributed by atoms with Gasteiger partial charge in [-0.3, -0.25) is 4.72 Å². The van der Waals surface area contributed by atoms with E-state index in [0.29, 0.717) is 21.7 Å². The van der Waals surface area contributed by atoms with E-state index in [0.717, 1.165) is 12.0 Å². The molecule has 1 aromatic heterocycles. The third-order valence-corrected chi connectivity index (χ3v) is 6.83. The first kappa shape index (κ1) is 22.4. The first-order valence-electron chi connectivity index (χ1n) is 9.46. The number of rotatable bonds is 9. The van der Waals surface area contributed by atoms with Crippen molar-refractivity contribution in [2.24, 2.45) is 0 Å². The summed E-state index contributed by atoms with van der Waals surface area (Å²) in [6.45, 7) is 4.10. The maximum atomic E-state index is 12.8. The summed E-state index contributed by atoms with van der Waals surface area (Å²) in [6.07, 6.45) is 0.905. The maximum Gasteiger partial charge on any atom is 0.263 e. The van der Waals surface area contributed by atoms with Crippen LogP contribution in [-0.4, -0.2) is 24.4 Å². The van der Waals surface area contributed by atoms with Crippen LogP contribution in [0.3, 0.4) is 0 Å². The van der Waals surface area contributed by atoms with Crippen molar-refractivity contribution < 1.29 is 8.42 Å². The minimum Gasteiger partial charge on any atom is -0.367 e. The Morgan fingerprint density at radius 3 is 2.37 bits per heavy atom. The first-order valence-corrected chi connectivity index (χ1v) is 12.3. The number of nitrogens with one attached hydrogen (secondary N) is 2. The van der Waals surface area contributed by atoms with Crippen LogP contribution in [0.1, 0.15) is 25.8 Å². The summed E-state index contributed by atoms with van der Waals surface area (Å²) in [5.41, 5.74) is 1.13. The van der Waals surface area contributed by atoms with Crippen molar-refractivity contribution in [3.05, 3.63) is 71.2 Å². The Bertz CT molecular complexity index is 1080. The molecule has 2 N–H and O–H groups in total. The molecule has 0 bridgehead atoms. The molecule has 3 aromatic rings. The molecular formula is C21H23ClN4O2S2. The van der Waals surface area contributed by atoms with Crippen LogP contribution in [0.4, 0.5) is 11.6 Å². The van der Waals surface area contributed by atoms with Crippen LogP contribution < -0.4 is 10.0 Å². The first-order chi connectivity index (χ1) is 14.4. The topological polar surface area (TPSA) is 84.0 Å². The molecule has 6 nitrogen and oxygen atoms in total. The molecule has 0 aliphatic carbocycles. The molecular weight excluding hydrogens is 440 g/mol. The number of sulfonamides is 1. The molecule has 3 rings (SSSR count). The van der Waals surface area contributed by atoms with Gasteiger partial charge in [0, 0.05) is 22.9 Å². The fraction of sp³-hybridized carbons (Fsp3) is 0.238. The van der Waals surface area contributed by atoms with Gasteiger partial charge < -0.3 is 5.32 Å². The second-order valence-electron chi connectivity index (χ2n) is 6.71. The number of hydrogen-bond acceptors (Lipinski definition) is 6. The van der Waals surface area contributed by atoms with E-state index in [-0.39, 0.29) is 16.8 Å². The minimum atomic E-state index is -3.80. The smallest absolute Gasteiger partial charge is 0.263 e. The number of aromatic nitrogens is 2. The van der Waals surface area contributed by atoms with Crippen molar-refractivity contribution in [1.82, 2.24) is 9.97 Å². The quantitative estimate of drug-likeness (QED) is 0.325. The van der Waals surface area contributed by atoms with E-state index >= 15 is 0 Å². The van der Waals surface area contributed by atoms with E-state index in [2.05, 4.69) is 26.9 Å². The molecule has 0 radical (unpaired) electrons. The number of halogens is 1. The Balaban J connectivity index is 1.86. The highest BCUT2D eigenvalue weighted by Crippen LogP contribution is 2.25. The van der Waals surface area contributed by atoms with E-state index in [9.17, 15) is 8.42 Å². The normalized spacial score (nSPS) is 12.4. The van der Waals surface area contributed by atoms with Crippen LogP contribution in [-0.2, 0) is 15.8 Å². The lowest BCUT2D eigenvalue weighted by molar-refractivity contribution is 0.601. The Morgan fingerprint density at radius 2 is 1.70 bits per heavy atom. The second-order valence-corrected chi connectivity index (χ2v) is 9.77. The van der Waals surface area contributed by atoms with Crippen molar-refractivity contribution in [3.63, 3.8) is 0 Å². The Morgan fingerprint density at radius 1 is 1.03 bits per heavy atom. The van der Waals surface area contributed by atoms with Crippen molar-refractivity contribution in [3.8, 4) is 0 Å². The third-order valence-electron chi connectivity index (χ3n) is 4.29. The predicted molar refractivity (Wildman–Crippen MR) is 124 cm³/mol. The lowest BCUT2D eigenvalue weighted by Crippen LogP contribution is -2.17. The van der Waals surface area contributed by atoms with Crippen molar-refractivity contribution in [2.45, 2.75) is 42.1 Å². The van der Waals surface area contributed by atoms with Gasteiger partial charge in [0.15, 0.2) is 5.16 Å². The van der Waals surface area contributed by atoms with Gasteiger partial charge in [0.2, 0.25) is 0 Å². The number of hydrogen-bond donors (Lipinski definition) is 2. The number of thioether (sulfide) groups is 1. The van der Waals surface area contributed by atoms with Crippen LogP contribution in [0, 0.1) is 0 Å². The van der Waals surface area contributed by atoms with Crippen LogP contribution in [0.15, 0.2) is 70.7 Å². The van der Waals surface area contributed by atoms with Crippen molar-refractivity contribution in [2.75, 3.05) is 10.0 Å². The van der Waals surface area contributed by atoms with Gasteiger partial charge in [-0.2, -0.15) is 0 Å². The minimum absolute atomic E-state index is 0.112. The summed E-state index contributed by atoms with van der Waals surface area (Å²) in [4.78, 5) is 9.06. The summed E-state index contributed by atoms with van der Waals surface area (Å²) in [6, 6.07) is 17.7. The molecule has 0 aliphatic rings. The van der Waals surface area contributed by atoms with E-state index in [1.807, 2.05) is 37.3 Å². The SMILES string of the molecule is CC[C@@H](C)Nc1cc(NS(=O)(=O)c2ccc(Cl)cc2)nc(SCc2ccccc2)n1. The van der Waals surface area contributed by atoms with Gasteiger partial charge in [0.25, 0.3) is 10.0 Å². The summed E-state index contributed by atoms with van der Waals surface area (Å²) in [7, 11) is -3.80. The van der Waals surface area contributed by atoms with E-state index < -0.39 is 10.0 Å². The van der Waals surface area contributed by atoms with Gasteiger partial charge in [-0.05, 0) is 43.2 Å². The number of nitrogens with zero attached hydrogens (tertiary/aromatic N) is 2. The van der Waals surface area contributed by atoms with Gasteiger partial charge in [-0.1, -0.05) is 60.6 Å². The van der Waals surface area contributed by atoms with Crippen LogP contribution >= 0.6 is 23.4 Å². The molecule has 1 heterocycles. The molecule has 2 aromatic carbocycles. The Labute approximate surface area is 186 Å². The molecule has 30 heavy (non-hydrogen) atoms. The lowest BCUT2D eigenvalue weighted by Gasteiger charge is -2.15. The largest absolute Gasteiger partial charge is 0.367 e. The van der Waals surface area contributed by atoms with Gasteiger partial charge in [0.1, 0.15) is 11.6 Å². The molecule has 0 aliphatic heterocycles. The predicted octanol–water partition coefficient (Wildman–Crippen LogP) is 5.43. The van der Waals surface area contributed by atoms with Gasteiger partial charge in [0.05, 0.1) is 4.90 Å². The average Bonchev–Trinajstić information content (AvgIpc) is 2.73. The fourth-order valence-electron chi connectivity index (χ4n) is 2.50. The number of benzene rings is 2. The molecule has 9 heteroatoms. The molecule has 158 valence electrons. The Hall–Kier alpha value is -2.29. The molecule has 0 unspecified atom stereocenters. The molecule has 0 amide bonds. The third kappa shape index (κ3) is 6.35. The average molecular weight is 463 g/mol. The van der Waals surface area contributed by atoms with Crippen molar-refractivity contribution >= 4 is 45.0 Å². The molecule has 0 fully saturated rings. The number of anilines is 2. The maximum absolute atomic E-state index is 12.8. The zero-order valence-electron chi connectivity index (χ0n) is 16.7. The van der Waals surface area contributed by atoms with Gasteiger partial charge in [-0.25, -0.2) is 18.4 Å². The van der Waals surface area contributed by atoms with E-state index in [4.69, 9.17) is 11.6 Å². The van der Waals surface area contributed by atoms with Gasteiger partial charge >= 0.3 is 0 Å². The van der Waals surface area contributed by atoms with E-state index in [1.165, 1.54) is 36.0 Å². The highest BCUT2D eigenvalue weighted by atomic mass is 35.5. The molecule has 0 spiro atoms. The molecule has 0 saturated carbocycles. The van der Waals surface area contributed by atoms with Crippen LogP contribution in [0.5, 0.6) is 0 Å². The van der Waals surface area contributed by atoms with Crippen LogP contribution in [0.25, 0.3) is 0 Å². The van der Waals surface area contributed by atoms with Crippen molar-refractivity contribution in [1.29, 1.82) is 0 Å². The summed E-state index contributed by atoms with van der Waals surface area (Å²) in [5, 5.41) is 4.24. The van der Waals surface area contributed by atoms with E-state index in [1.54, 1.807) is 6.07 Å². The zero-order chi connectivity index (χ0) is 21.6. The molecule has 0 saturated heterocycles. The Kier molecular flexibility index (Phi) is 7.58. The fourth-order valence-corrected chi connectivity index (χ4v) is 4.44.